The van der Waals surface area contributed by atoms with Crippen LogP contribution in [-0.4, -0.2) is 17.6 Å². The molecule has 0 saturated heterocycles. The highest BCUT2D eigenvalue weighted by Crippen LogP contribution is 2.32. The van der Waals surface area contributed by atoms with Gasteiger partial charge in [0.2, 0.25) is 5.91 Å². The van der Waals surface area contributed by atoms with E-state index in [2.05, 4.69) is 5.32 Å². The SMILES string of the molecule is CCC(C)C(=O)NCCc1cc(Cl)c(O)c(Cl)c1. The Bertz CT molecular complexity index is 412. The molecule has 0 aromatic heterocycles. The fourth-order valence-electron chi connectivity index (χ4n) is 1.45. The van der Waals surface area contributed by atoms with Gasteiger partial charge in [0.25, 0.3) is 0 Å². The number of amides is 1. The molecule has 0 aliphatic rings. The monoisotopic (exact) mass is 289 g/mol. The summed E-state index contributed by atoms with van der Waals surface area (Å²) in [6.45, 7) is 4.40. The number of carbonyl (C=O) groups excluding carboxylic acids is 1. The summed E-state index contributed by atoms with van der Waals surface area (Å²) < 4.78 is 0. The van der Waals surface area contributed by atoms with Crippen molar-refractivity contribution in [2.75, 3.05) is 6.54 Å². The summed E-state index contributed by atoms with van der Waals surface area (Å²) in [5, 5.41) is 12.7. The van der Waals surface area contributed by atoms with Gasteiger partial charge in [-0.05, 0) is 30.5 Å². The van der Waals surface area contributed by atoms with E-state index in [0.29, 0.717) is 13.0 Å². The van der Waals surface area contributed by atoms with E-state index >= 15 is 0 Å². The number of carbonyl (C=O) groups is 1. The fraction of sp³-hybridized carbons (Fsp3) is 0.462. The van der Waals surface area contributed by atoms with Crippen LogP contribution in [0.3, 0.4) is 0 Å². The maximum absolute atomic E-state index is 11.5. The van der Waals surface area contributed by atoms with Gasteiger partial charge in [0, 0.05) is 12.5 Å². The normalized spacial score (nSPS) is 12.2. The smallest absolute Gasteiger partial charge is 0.222 e. The molecule has 18 heavy (non-hydrogen) atoms. The second-order valence-corrected chi connectivity index (χ2v) is 5.07. The van der Waals surface area contributed by atoms with Gasteiger partial charge >= 0.3 is 0 Å². The third kappa shape index (κ3) is 4.07. The molecule has 0 spiro atoms. The van der Waals surface area contributed by atoms with E-state index in [4.69, 9.17) is 23.2 Å². The number of aromatic hydroxyl groups is 1. The van der Waals surface area contributed by atoms with Crippen molar-refractivity contribution < 1.29 is 9.90 Å². The number of halogens is 2. The minimum Gasteiger partial charge on any atom is -0.505 e. The third-order valence-electron chi connectivity index (χ3n) is 2.85. The zero-order valence-electron chi connectivity index (χ0n) is 10.5. The first-order chi connectivity index (χ1) is 8.45. The van der Waals surface area contributed by atoms with Crippen LogP contribution in [0, 0.1) is 5.92 Å². The summed E-state index contributed by atoms with van der Waals surface area (Å²) in [5.74, 6) is -0.0313. The molecular weight excluding hydrogens is 273 g/mol. The Hall–Kier alpha value is -0.930. The predicted molar refractivity (Wildman–Crippen MR) is 74.3 cm³/mol. The maximum atomic E-state index is 11.5. The van der Waals surface area contributed by atoms with E-state index < -0.39 is 0 Å². The minimum atomic E-state index is -0.106. The number of rotatable bonds is 5. The molecule has 1 aromatic carbocycles. The van der Waals surface area contributed by atoms with Crippen LogP contribution in [0.25, 0.3) is 0 Å². The highest BCUT2D eigenvalue weighted by molar-refractivity contribution is 6.37. The molecule has 0 fully saturated rings. The van der Waals surface area contributed by atoms with Crippen LogP contribution in [0.1, 0.15) is 25.8 Å². The van der Waals surface area contributed by atoms with Crippen molar-refractivity contribution in [3.05, 3.63) is 27.7 Å². The molecule has 0 heterocycles. The number of nitrogens with one attached hydrogen (secondary N) is 1. The number of benzene rings is 1. The lowest BCUT2D eigenvalue weighted by Crippen LogP contribution is -2.30. The molecular formula is C13H17Cl2NO2. The zero-order chi connectivity index (χ0) is 13.7. The van der Waals surface area contributed by atoms with Gasteiger partial charge in [-0.25, -0.2) is 0 Å². The first kappa shape index (κ1) is 15.1. The summed E-state index contributed by atoms with van der Waals surface area (Å²) in [6.07, 6.45) is 1.45. The van der Waals surface area contributed by atoms with Gasteiger partial charge in [-0.15, -0.1) is 0 Å². The summed E-state index contributed by atoms with van der Waals surface area (Å²) in [5.41, 5.74) is 0.882. The van der Waals surface area contributed by atoms with Crippen LogP contribution in [0.2, 0.25) is 10.0 Å². The Balaban J connectivity index is 2.52. The average molecular weight is 290 g/mol. The van der Waals surface area contributed by atoms with Crippen LogP contribution in [0.15, 0.2) is 12.1 Å². The second kappa shape index (κ2) is 6.86. The molecule has 1 amide bonds. The molecule has 100 valence electrons. The molecule has 0 bridgehead atoms. The Morgan fingerprint density at radius 3 is 2.44 bits per heavy atom. The topological polar surface area (TPSA) is 49.3 Å². The first-order valence-electron chi connectivity index (χ1n) is 5.90. The van der Waals surface area contributed by atoms with Crippen molar-refractivity contribution in [3.8, 4) is 5.75 Å². The first-order valence-corrected chi connectivity index (χ1v) is 6.65. The lowest BCUT2D eigenvalue weighted by atomic mass is 10.1. The minimum absolute atomic E-state index is 0.0250. The maximum Gasteiger partial charge on any atom is 0.222 e. The van der Waals surface area contributed by atoms with Gasteiger partial charge in [0.15, 0.2) is 5.75 Å². The molecule has 5 heteroatoms. The molecule has 1 rings (SSSR count). The molecule has 0 radical (unpaired) electrons. The van der Waals surface area contributed by atoms with Crippen LogP contribution >= 0.6 is 23.2 Å². The fourth-order valence-corrected chi connectivity index (χ4v) is 1.98. The van der Waals surface area contributed by atoms with Gasteiger partial charge in [0.1, 0.15) is 0 Å². The molecule has 1 atom stereocenters. The average Bonchev–Trinajstić information content (AvgIpc) is 2.34. The summed E-state index contributed by atoms with van der Waals surface area (Å²) in [6, 6.07) is 3.30. The number of hydrogen-bond acceptors (Lipinski definition) is 2. The zero-order valence-corrected chi connectivity index (χ0v) is 12.0. The summed E-state index contributed by atoms with van der Waals surface area (Å²) in [4.78, 5) is 11.5. The molecule has 0 aliphatic heterocycles. The van der Waals surface area contributed by atoms with Crippen molar-refractivity contribution in [2.45, 2.75) is 26.7 Å². The van der Waals surface area contributed by atoms with Gasteiger partial charge in [-0.2, -0.15) is 0 Å². The van der Waals surface area contributed by atoms with E-state index in [-0.39, 0.29) is 27.6 Å². The number of phenols is 1. The van der Waals surface area contributed by atoms with Crippen LogP contribution < -0.4 is 5.32 Å². The van der Waals surface area contributed by atoms with Crippen molar-refractivity contribution in [1.29, 1.82) is 0 Å². The lowest BCUT2D eigenvalue weighted by Gasteiger charge is -2.10. The summed E-state index contributed by atoms with van der Waals surface area (Å²) >= 11 is 11.6. The van der Waals surface area contributed by atoms with Gasteiger partial charge < -0.3 is 10.4 Å². The van der Waals surface area contributed by atoms with Crippen molar-refractivity contribution in [2.24, 2.45) is 5.92 Å². The van der Waals surface area contributed by atoms with E-state index in [0.717, 1.165) is 12.0 Å². The Labute approximate surface area is 117 Å². The quantitative estimate of drug-likeness (QED) is 0.873. The van der Waals surface area contributed by atoms with E-state index in [1.165, 1.54) is 0 Å². The van der Waals surface area contributed by atoms with Crippen molar-refractivity contribution >= 4 is 29.1 Å². The van der Waals surface area contributed by atoms with Crippen LogP contribution in [0.4, 0.5) is 0 Å². The third-order valence-corrected chi connectivity index (χ3v) is 3.43. The van der Waals surface area contributed by atoms with Crippen molar-refractivity contribution in [3.63, 3.8) is 0 Å². The second-order valence-electron chi connectivity index (χ2n) is 4.26. The Kier molecular flexibility index (Phi) is 5.76. The van der Waals surface area contributed by atoms with Gasteiger partial charge in [0.05, 0.1) is 10.0 Å². The summed E-state index contributed by atoms with van der Waals surface area (Å²) in [7, 11) is 0. The highest BCUT2D eigenvalue weighted by atomic mass is 35.5. The molecule has 1 aromatic rings. The number of hydrogen-bond donors (Lipinski definition) is 2. The van der Waals surface area contributed by atoms with Gasteiger partial charge in [-0.1, -0.05) is 37.0 Å². The predicted octanol–water partition coefficient (Wildman–Crippen LogP) is 3.40. The van der Waals surface area contributed by atoms with Gasteiger partial charge in [-0.3, -0.25) is 4.79 Å². The van der Waals surface area contributed by atoms with Crippen molar-refractivity contribution in [1.82, 2.24) is 5.32 Å². The molecule has 1 unspecified atom stereocenters. The molecule has 2 N–H and O–H groups in total. The molecule has 0 saturated carbocycles. The van der Waals surface area contributed by atoms with E-state index in [1.807, 2.05) is 13.8 Å². The van der Waals surface area contributed by atoms with E-state index in [9.17, 15) is 9.90 Å². The molecule has 0 aliphatic carbocycles. The lowest BCUT2D eigenvalue weighted by molar-refractivity contribution is -0.124. The van der Waals surface area contributed by atoms with Crippen LogP contribution in [-0.2, 0) is 11.2 Å². The highest BCUT2D eigenvalue weighted by Gasteiger charge is 2.10. The van der Waals surface area contributed by atoms with E-state index in [1.54, 1.807) is 12.1 Å². The molecule has 3 nitrogen and oxygen atoms in total. The number of phenolic OH excluding ortho intramolecular Hbond substituents is 1. The Morgan fingerprint density at radius 1 is 1.39 bits per heavy atom. The largest absolute Gasteiger partial charge is 0.505 e. The standard InChI is InChI=1S/C13H17Cl2NO2/c1-3-8(2)13(18)16-5-4-9-6-10(14)12(17)11(15)7-9/h6-8,17H,3-5H2,1-2H3,(H,16,18). The Morgan fingerprint density at radius 2 is 1.94 bits per heavy atom. The van der Waals surface area contributed by atoms with Crippen LogP contribution in [0.5, 0.6) is 5.75 Å².